The largest absolute Gasteiger partial charge is 0.478 e. The zero-order chi connectivity index (χ0) is 7.84. The van der Waals surface area contributed by atoms with Gasteiger partial charge in [0.2, 0.25) is 0 Å². The van der Waals surface area contributed by atoms with Crippen molar-refractivity contribution in [3.05, 3.63) is 11.1 Å². The summed E-state index contributed by atoms with van der Waals surface area (Å²) in [4.78, 5) is 10.6. The van der Waals surface area contributed by atoms with Gasteiger partial charge < -0.3 is 5.11 Å². The van der Waals surface area contributed by atoms with Crippen LogP contribution < -0.4 is 0 Å². The summed E-state index contributed by atoms with van der Waals surface area (Å²) in [6.45, 7) is 0. The number of fused-ring (bicyclic) bond motifs is 1. The Morgan fingerprint density at radius 2 is 2.27 bits per heavy atom. The summed E-state index contributed by atoms with van der Waals surface area (Å²) in [5.41, 5.74) is 1.97. The van der Waals surface area contributed by atoms with Crippen molar-refractivity contribution in [2.75, 3.05) is 0 Å². The molecule has 0 radical (unpaired) electrons. The fraction of sp³-hybridized carbons (Fsp3) is 0.667. The third kappa shape index (κ3) is 0.971. The Labute approximate surface area is 65.9 Å². The SMILES string of the molecule is O=C(O)C1=C2CCCCC2C1. The zero-order valence-electron chi connectivity index (χ0n) is 6.47. The second-order valence-corrected chi connectivity index (χ2v) is 3.46. The van der Waals surface area contributed by atoms with Gasteiger partial charge in [-0.2, -0.15) is 0 Å². The Hall–Kier alpha value is -0.790. The van der Waals surface area contributed by atoms with E-state index in [4.69, 9.17) is 5.11 Å². The number of rotatable bonds is 1. The summed E-state index contributed by atoms with van der Waals surface area (Å²) in [6.07, 6.45) is 5.60. The fourth-order valence-electron chi connectivity index (χ4n) is 2.18. The van der Waals surface area contributed by atoms with E-state index in [1.807, 2.05) is 0 Å². The van der Waals surface area contributed by atoms with Crippen molar-refractivity contribution in [1.29, 1.82) is 0 Å². The van der Waals surface area contributed by atoms with Crippen LogP contribution in [0.1, 0.15) is 32.1 Å². The van der Waals surface area contributed by atoms with Crippen LogP contribution in [-0.2, 0) is 4.79 Å². The summed E-state index contributed by atoms with van der Waals surface area (Å²) >= 11 is 0. The predicted molar refractivity (Wildman–Crippen MR) is 41.2 cm³/mol. The minimum Gasteiger partial charge on any atom is -0.478 e. The summed E-state index contributed by atoms with van der Waals surface area (Å²) in [6, 6.07) is 0. The lowest BCUT2D eigenvalue weighted by molar-refractivity contribution is -0.133. The molecule has 11 heavy (non-hydrogen) atoms. The van der Waals surface area contributed by atoms with Crippen molar-refractivity contribution in [2.24, 2.45) is 5.92 Å². The highest BCUT2D eigenvalue weighted by Crippen LogP contribution is 2.44. The molecule has 2 aliphatic rings. The van der Waals surface area contributed by atoms with Crippen molar-refractivity contribution in [3.8, 4) is 0 Å². The molecular weight excluding hydrogens is 140 g/mol. The van der Waals surface area contributed by atoms with Crippen LogP contribution in [0.3, 0.4) is 0 Å². The minimum atomic E-state index is -0.682. The standard InChI is InChI=1S/C9H12O2/c10-9(11)8-5-6-3-1-2-4-7(6)8/h6H,1-5H2,(H,10,11). The Morgan fingerprint density at radius 1 is 1.45 bits per heavy atom. The van der Waals surface area contributed by atoms with Gasteiger partial charge in [-0.05, 0) is 31.6 Å². The van der Waals surface area contributed by atoms with Crippen molar-refractivity contribution >= 4 is 5.97 Å². The van der Waals surface area contributed by atoms with Gasteiger partial charge in [0.15, 0.2) is 0 Å². The highest BCUT2D eigenvalue weighted by Gasteiger charge is 2.34. The first-order chi connectivity index (χ1) is 5.29. The van der Waals surface area contributed by atoms with Gasteiger partial charge in [-0.3, -0.25) is 0 Å². The summed E-state index contributed by atoms with van der Waals surface area (Å²) < 4.78 is 0. The monoisotopic (exact) mass is 152 g/mol. The molecule has 1 N–H and O–H groups in total. The van der Waals surface area contributed by atoms with Crippen LogP contribution in [0, 0.1) is 5.92 Å². The second-order valence-electron chi connectivity index (χ2n) is 3.46. The molecule has 0 aromatic rings. The van der Waals surface area contributed by atoms with E-state index in [0.717, 1.165) is 18.4 Å². The molecule has 1 saturated carbocycles. The van der Waals surface area contributed by atoms with Crippen LogP contribution in [0.4, 0.5) is 0 Å². The van der Waals surface area contributed by atoms with Gasteiger partial charge >= 0.3 is 5.97 Å². The van der Waals surface area contributed by atoms with Gasteiger partial charge in [0.1, 0.15) is 0 Å². The summed E-state index contributed by atoms with van der Waals surface area (Å²) in [5, 5.41) is 8.71. The van der Waals surface area contributed by atoms with E-state index < -0.39 is 5.97 Å². The number of carboxylic acids is 1. The number of carbonyl (C=O) groups is 1. The van der Waals surface area contributed by atoms with Crippen LogP contribution in [-0.4, -0.2) is 11.1 Å². The van der Waals surface area contributed by atoms with E-state index in [2.05, 4.69) is 0 Å². The first-order valence-electron chi connectivity index (χ1n) is 4.24. The average Bonchev–Trinajstić information content (AvgIpc) is 1.90. The van der Waals surface area contributed by atoms with E-state index in [0.29, 0.717) is 5.92 Å². The van der Waals surface area contributed by atoms with Gasteiger partial charge in [-0.1, -0.05) is 12.0 Å². The van der Waals surface area contributed by atoms with E-state index in [1.165, 1.54) is 24.8 Å². The molecule has 0 bridgehead atoms. The molecule has 0 spiro atoms. The Bertz CT molecular complexity index is 228. The van der Waals surface area contributed by atoms with E-state index in [1.54, 1.807) is 0 Å². The lowest BCUT2D eigenvalue weighted by Gasteiger charge is -2.35. The van der Waals surface area contributed by atoms with E-state index >= 15 is 0 Å². The molecule has 60 valence electrons. The molecule has 2 aliphatic carbocycles. The number of hydrogen-bond donors (Lipinski definition) is 1. The average molecular weight is 152 g/mol. The van der Waals surface area contributed by atoms with E-state index in [-0.39, 0.29) is 0 Å². The van der Waals surface area contributed by atoms with Gasteiger partial charge in [-0.15, -0.1) is 0 Å². The number of aliphatic carboxylic acids is 1. The molecule has 0 amide bonds. The Morgan fingerprint density at radius 3 is 2.91 bits per heavy atom. The van der Waals surface area contributed by atoms with Crippen LogP contribution in [0.25, 0.3) is 0 Å². The van der Waals surface area contributed by atoms with Gasteiger partial charge in [0, 0.05) is 5.57 Å². The number of hydrogen-bond acceptors (Lipinski definition) is 1. The first-order valence-corrected chi connectivity index (χ1v) is 4.24. The maximum atomic E-state index is 10.6. The molecule has 0 saturated heterocycles. The maximum absolute atomic E-state index is 10.6. The molecule has 1 atom stereocenters. The fourth-order valence-corrected chi connectivity index (χ4v) is 2.18. The molecule has 2 heteroatoms. The summed E-state index contributed by atoms with van der Waals surface area (Å²) in [5.74, 6) is -0.0343. The number of carboxylic acid groups (broad SMARTS) is 1. The first kappa shape index (κ1) is 6.89. The van der Waals surface area contributed by atoms with Crippen LogP contribution in [0.2, 0.25) is 0 Å². The molecule has 0 aromatic heterocycles. The lowest BCUT2D eigenvalue weighted by Crippen LogP contribution is -2.26. The quantitative estimate of drug-likeness (QED) is 0.623. The molecule has 0 aliphatic heterocycles. The van der Waals surface area contributed by atoms with Crippen molar-refractivity contribution in [3.63, 3.8) is 0 Å². The Kier molecular flexibility index (Phi) is 1.48. The topological polar surface area (TPSA) is 37.3 Å². The highest BCUT2D eigenvalue weighted by atomic mass is 16.4. The third-order valence-corrected chi connectivity index (χ3v) is 2.84. The Balaban J connectivity index is 2.18. The second kappa shape index (κ2) is 2.36. The smallest absolute Gasteiger partial charge is 0.331 e. The van der Waals surface area contributed by atoms with Crippen molar-refractivity contribution < 1.29 is 9.90 Å². The highest BCUT2D eigenvalue weighted by molar-refractivity contribution is 5.89. The molecule has 0 heterocycles. The molecule has 2 nitrogen and oxygen atoms in total. The van der Waals surface area contributed by atoms with Crippen LogP contribution in [0.5, 0.6) is 0 Å². The molecule has 2 rings (SSSR count). The number of allylic oxidation sites excluding steroid dienone is 1. The van der Waals surface area contributed by atoms with Crippen molar-refractivity contribution in [1.82, 2.24) is 0 Å². The lowest BCUT2D eigenvalue weighted by atomic mass is 9.69. The predicted octanol–water partition coefficient (Wildman–Crippen LogP) is 1.96. The van der Waals surface area contributed by atoms with Gasteiger partial charge in [0.05, 0.1) is 0 Å². The zero-order valence-corrected chi connectivity index (χ0v) is 6.47. The van der Waals surface area contributed by atoms with E-state index in [9.17, 15) is 4.79 Å². The maximum Gasteiger partial charge on any atom is 0.331 e. The summed E-state index contributed by atoms with van der Waals surface area (Å²) in [7, 11) is 0. The molecular formula is C9H12O2. The van der Waals surface area contributed by atoms with Crippen LogP contribution >= 0.6 is 0 Å². The third-order valence-electron chi connectivity index (χ3n) is 2.84. The molecule has 0 aromatic carbocycles. The minimum absolute atomic E-state index is 0.648. The van der Waals surface area contributed by atoms with Gasteiger partial charge in [-0.25, -0.2) is 4.79 Å². The molecule has 1 unspecified atom stereocenters. The normalized spacial score (nSPS) is 29.3. The van der Waals surface area contributed by atoms with Gasteiger partial charge in [0.25, 0.3) is 0 Å². The molecule has 1 fully saturated rings. The van der Waals surface area contributed by atoms with Crippen molar-refractivity contribution in [2.45, 2.75) is 32.1 Å². The van der Waals surface area contributed by atoms with Crippen LogP contribution in [0.15, 0.2) is 11.1 Å².